The summed E-state index contributed by atoms with van der Waals surface area (Å²) in [5, 5.41) is 18.0. The summed E-state index contributed by atoms with van der Waals surface area (Å²) in [6, 6.07) is 13.2. The van der Waals surface area contributed by atoms with Crippen LogP contribution in [0, 0.1) is 12.7 Å². The van der Waals surface area contributed by atoms with E-state index < -0.39 is 17.6 Å². The molecular formula is C19H18FNO4. The second-order valence-electron chi connectivity index (χ2n) is 5.64. The highest BCUT2D eigenvalue weighted by Crippen LogP contribution is 2.13. The Hall–Kier alpha value is -3.15. The van der Waals surface area contributed by atoms with Crippen molar-refractivity contribution < 1.29 is 24.2 Å². The lowest BCUT2D eigenvalue weighted by molar-refractivity contribution is -0.136. The third-order valence-electron chi connectivity index (χ3n) is 3.57. The van der Waals surface area contributed by atoms with E-state index in [-0.39, 0.29) is 18.9 Å². The van der Waals surface area contributed by atoms with Gasteiger partial charge in [0.05, 0.1) is 6.08 Å². The number of carbonyl (C=O) groups is 2. The first kappa shape index (κ1) is 18.2. The molecule has 0 radical (unpaired) electrons. The number of carboxylic acids is 1. The summed E-state index contributed by atoms with van der Waals surface area (Å²) in [5.41, 5.74) is 2.61. The van der Waals surface area contributed by atoms with E-state index >= 15 is 0 Å². The molecule has 2 aromatic carbocycles. The van der Waals surface area contributed by atoms with E-state index in [4.69, 9.17) is 5.11 Å². The highest BCUT2D eigenvalue weighted by molar-refractivity contribution is 5.96. The van der Waals surface area contributed by atoms with E-state index in [2.05, 4.69) is 0 Å². The molecule has 0 heterocycles. The number of aliphatic hydroxyl groups excluding tert-OH is 1. The second-order valence-corrected chi connectivity index (χ2v) is 5.64. The standard InChI is InChI=1S/C19H18FNO4/c1-13-2-4-14(5-3-13)11-21(18(23)10-17(22)19(24)25)12-15-6-8-16(20)9-7-15/h2-10,22H,11-12H2,1H3,(H,24,25)/b17-10-. The molecule has 0 saturated heterocycles. The van der Waals surface area contributed by atoms with E-state index in [1.165, 1.54) is 17.0 Å². The van der Waals surface area contributed by atoms with Crippen LogP contribution in [-0.4, -0.2) is 27.0 Å². The number of amides is 1. The van der Waals surface area contributed by atoms with Gasteiger partial charge in [-0.15, -0.1) is 0 Å². The van der Waals surface area contributed by atoms with Crippen LogP contribution in [0.1, 0.15) is 16.7 Å². The highest BCUT2D eigenvalue weighted by Gasteiger charge is 2.16. The highest BCUT2D eigenvalue weighted by atomic mass is 19.1. The van der Waals surface area contributed by atoms with Crippen LogP contribution >= 0.6 is 0 Å². The van der Waals surface area contributed by atoms with Crippen molar-refractivity contribution in [2.24, 2.45) is 0 Å². The van der Waals surface area contributed by atoms with Crippen LogP contribution in [0.3, 0.4) is 0 Å². The summed E-state index contributed by atoms with van der Waals surface area (Å²) >= 11 is 0. The zero-order valence-electron chi connectivity index (χ0n) is 13.6. The van der Waals surface area contributed by atoms with Gasteiger partial charge in [0.2, 0.25) is 5.76 Å². The fourth-order valence-electron chi connectivity index (χ4n) is 2.21. The number of nitrogens with zero attached hydrogens (tertiary/aromatic N) is 1. The van der Waals surface area contributed by atoms with Crippen molar-refractivity contribution in [3.63, 3.8) is 0 Å². The van der Waals surface area contributed by atoms with Gasteiger partial charge in [0.25, 0.3) is 5.91 Å². The molecule has 2 N–H and O–H groups in total. The number of rotatable bonds is 6. The van der Waals surface area contributed by atoms with Gasteiger partial charge in [0.15, 0.2) is 0 Å². The van der Waals surface area contributed by atoms with Crippen LogP contribution in [0.25, 0.3) is 0 Å². The van der Waals surface area contributed by atoms with Crippen LogP contribution in [0.2, 0.25) is 0 Å². The molecule has 0 saturated carbocycles. The zero-order chi connectivity index (χ0) is 18.4. The minimum absolute atomic E-state index is 0.149. The van der Waals surface area contributed by atoms with Gasteiger partial charge in [-0.1, -0.05) is 42.0 Å². The Bertz CT molecular complexity index is 735. The quantitative estimate of drug-likeness (QED) is 0.624. The largest absolute Gasteiger partial charge is 0.502 e. The second kappa shape index (κ2) is 8.10. The molecule has 25 heavy (non-hydrogen) atoms. The van der Waals surface area contributed by atoms with Gasteiger partial charge in [-0.25, -0.2) is 9.18 Å². The molecule has 0 unspecified atom stereocenters. The van der Waals surface area contributed by atoms with Crippen molar-refractivity contribution in [2.45, 2.75) is 20.0 Å². The van der Waals surface area contributed by atoms with Gasteiger partial charge in [0, 0.05) is 13.1 Å². The van der Waals surface area contributed by atoms with Gasteiger partial charge in [0.1, 0.15) is 5.82 Å². The normalized spacial score (nSPS) is 11.2. The van der Waals surface area contributed by atoms with Crippen molar-refractivity contribution in [1.29, 1.82) is 0 Å². The average molecular weight is 343 g/mol. The zero-order valence-corrected chi connectivity index (χ0v) is 13.6. The molecule has 2 rings (SSSR count). The summed E-state index contributed by atoms with van der Waals surface area (Å²) in [6.07, 6.45) is 0.667. The fourth-order valence-corrected chi connectivity index (χ4v) is 2.21. The lowest BCUT2D eigenvalue weighted by Gasteiger charge is -2.22. The van der Waals surface area contributed by atoms with Crippen molar-refractivity contribution in [2.75, 3.05) is 0 Å². The molecule has 5 nitrogen and oxygen atoms in total. The molecule has 0 aliphatic heterocycles. The smallest absolute Gasteiger partial charge is 0.371 e. The summed E-state index contributed by atoms with van der Waals surface area (Å²) < 4.78 is 13.0. The first-order chi connectivity index (χ1) is 11.8. The van der Waals surface area contributed by atoms with Gasteiger partial charge in [-0.3, -0.25) is 4.79 Å². The maximum absolute atomic E-state index is 13.0. The van der Waals surface area contributed by atoms with Gasteiger partial charge < -0.3 is 15.1 Å². The third kappa shape index (κ3) is 5.46. The SMILES string of the molecule is Cc1ccc(CN(Cc2ccc(F)cc2)C(=O)/C=C(\O)C(=O)O)cc1. The molecule has 0 aromatic heterocycles. The van der Waals surface area contributed by atoms with Gasteiger partial charge in [-0.2, -0.15) is 0 Å². The Morgan fingerprint density at radius 3 is 1.92 bits per heavy atom. The first-order valence-corrected chi connectivity index (χ1v) is 7.58. The van der Waals surface area contributed by atoms with Crippen molar-refractivity contribution in [1.82, 2.24) is 4.90 Å². The maximum Gasteiger partial charge on any atom is 0.371 e. The topological polar surface area (TPSA) is 77.8 Å². The minimum Gasteiger partial charge on any atom is -0.502 e. The van der Waals surface area contributed by atoms with Crippen LogP contribution in [0.4, 0.5) is 4.39 Å². The number of aliphatic carboxylic acids is 1. The molecule has 2 aromatic rings. The molecule has 0 spiro atoms. The summed E-state index contributed by atoms with van der Waals surface area (Å²) in [5.74, 6) is -3.64. The van der Waals surface area contributed by atoms with Crippen LogP contribution in [0.15, 0.2) is 60.4 Å². The third-order valence-corrected chi connectivity index (χ3v) is 3.57. The molecule has 0 aliphatic carbocycles. The molecule has 130 valence electrons. The van der Waals surface area contributed by atoms with E-state index in [0.29, 0.717) is 11.6 Å². The van der Waals surface area contributed by atoms with E-state index in [1.807, 2.05) is 31.2 Å². The fraction of sp³-hybridized carbons (Fsp3) is 0.158. The summed E-state index contributed by atoms with van der Waals surface area (Å²) in [6.45, 7) is 2.31. The summed E-state index contributed by atoms with van der Waals surface area (Å²) in [4.78, 5) is 24.4. The molecule has 0 aliphatic rings. The number of aryl methyl sites for hydroxylation is 1. The number of hydrogen-bond donors (Lipinski definition) is 2. The Morgan fingerprint density at radius 1 is 0.960 bits per heavy atom. The molecule has 0 fully saturated rings. The molecule has 1 amide bonds. The molecular weight excluding hydrogens is 325 g/mol. The Kier molecular flexibility index (Phi) is 5.89. The van der Waals surface area contributed by atoms with Crippen LogP contribution in [0.5, 0.6) is 0 Å². The predicted molar refractivity (Wildman–Crippen MR) is 90.2 cm³/mol. The van der Waals surface area contributed by atoms with Crippen LogP contribution in [-0.2, 0) is 22.7 Å². The Labute approximate surface area is 144 Å². The summed E-state index contributed by atoms with van der Waals surface area (Å²) in [7, 11) is 0. The monoisotopic (exact) mass is 343 g/mol. The van der Waals surface area contributed by atoms with E-state index in [9.17, 15) is 19.1 Å². The number of carbonyl (C=O) groups excluding carboxylic acids is 1. The van der Waals surface area contributed by atoms with Crippen LogP contribution < -0.4 is 0 Å². The molecule has 0 bridgehead atoms. The Balaban J connectivity index is 2.24. The van der Waals surface area contributed by atoms with Crippen molar-refractivity contribution in [3.05, 3.63) is 82.9 Å². The number of aliphatic hydroxyl groups is 1. The number of carboxylic acid groups (broad SMARTS) is 1. The molecule has 6 heteroatoms. The van der Waals surface area contributed by atoms with E-state index in [1.54, 1.807) is 12.1 Å². The molecule has 0 atom stereocenters. The van der Waals surface area contributed by atoms with Crippen molar-refractivity contribution in [3.8, 4) is 0 Å². The van der Waals surface area contributed by atoms with Gasteiger partial charge >= 0.3 is 5.97 Å². The maximum atomic E-state index is 13.0. The number of benzene rings is 2. The van der Waals surface area contributed by atoms with E-state index in [0.717, 1.165) is 11.1 Å². The lowest BCUT2D eigenvalue weighted by atomic mass is 10.1. The Morgan fingerprint density at radius 2 is 1.44 bits per heavy atom. The number of hydrogen-bond acceptors (Lipinski definition) is 3. The van der Waals surface area contributed by atoms with Crippen molar-refractivity contribution >= 4 is 11.9 Å². The predicted octanol–water partition coefficient (Wildman–Crippen LogP) is 3.19. The van der Waals surface area contributed by atoms with Gasteiger partial charge in [-0.05, 0) is 30.2 Å². The first-order valence-electron chi connectivity index (χ1n) is 7.58. The minimum atomic E-state index is -1.58. The average Bonchev–Trinajstić information content (AvgIpc) is 2.58. The number of halogens is 1. The lowest BCUT2D eigenvalue weighted by Crippen LogP contribution is -2.29.